The molecule has 4 aromatic carbocycles. The number of Topliss-reactive ketones (excluding diaryl/α,β-unsaturated/α-hetero) is 1. The topological polar surface area (TPSA) is 102 Å². The smallest absolute Gasteiger partial charge is 0.338 e. The van der Waals surface area contributed by atoms with Crippen LogP contribution in [0.4, 0.5) is 5.69 Å². The van der Waals surface area contributed by atoms with Gasteiger partial charge in [0, 0.05) is 16.8 Å². The van der Waals surface area contributed by atoms with Gasteiger partial charge in [0.05, 0.1) is 5.56 Å². The van der Waals surface area contributed by atoms with Gasteiger partial charge in [0.2, 0.25) is 0 Å². The van der Waals surface area contributed by atoms with E-state index >= 15 is 0 Å². The van der Waals surface area contributed by atoms with Gasteiger partial charge in [-0.25, -0.2) is 4.79 Å². The van der Waals surface area contributed by atoms with Crippen LogP contribution < -0.4 is 5.32 Å². The zero-order valence-electron chi connectivity index (χ0n) is 17.8. The Labute approximate surface area is 195 Å². The minimum absolute atomic E-state index is 0.147. The standard InChI is InChI=1S/C26H18N2O5S/c29-23(20-10-9-17-5-1-2-6-19(17)15-20)16-33-26(30)18-11-13-21(14-12-18)27-25-22-7-3-4-8-24(22)34(31,32)28-25/h1-15H,16H2,(H,27,28). The van der Waals surface area contributed by atoms with Crippen LogP contribution >= 0.6 is 0 Å². The maximum absolute atomic E-state index is 12.5. The molecular formula is C26H18N2O5S. The van der Waals surface area contributed by atoms with E-state index in [0.717, 1.165) is 10.8 Å². The molecule has 7 nitrogen and oxygen atoms in total. The number of ether oxygens (including phenoxy) is 1. The Hall–Kier alpha value is -4.30. The Morgan fingerprint density at radius 3 is 2.26 bits per heavy atom. The molecule has 1 N–H and O–H groups in total. The second-order valence-electron chi connectivity index (χ2n) is 7.67. The maximum atomic E-state index is 12.5. The van der Waals surface area contributed by atoms with Gasteiger partial charge in [-0.3, -0.25) is 4.79 Å². The summed E-state index contributed by atoms with van der Waals surface area (Å²) in [6, 6.07) is 25.9. The molecule has 0 aliphatic carbocycles. The van der Waals surface area contributed by atoms with Crippen LogP contribution in [-0.4, -0.2) is 32.6 Å². The van der Waals surface area contributed by atoms with Crippen molar-refractivity contribution in [1.82, 2.24) is 0 Å². The van der Waals surface area contributed by atoms with Crippen molar-refractivity contribution >= 4 is 44.1 Å². The average Bonchev–Trinajstić information content (AvgIpc) is 3.12. The van der Waals surface area contributed by atoms with E-state index in [1.54, 1.807) is 42.5 Å². The average molecular weight is 471 g/mol. The van der Waals surface area contributed by atoms with Crippen LogP contribution in [0, 0.1) is 0 Å². The predicted molar refractivity (Wildman–Crippen MR) is 129 cm³/mol. The third-order valence-electron chi connectivity index (χ3n) is 5.42. The van der Waals surface area contributed by atoms with Gasteiger partial charge in [-0.05, 0) is 53.2 Å². The molecule has 0 saturated carbocycles. The van der Waals surface area contributed by atoms with E-state index in [1.165, 1.54) is 18.2 Å². The van der Waals surface area contributed by atoms with E-state index in [1.807, 2.05) is 30.3 Å². The third-order valence-corrected chi connectivity index (χ3v) is 6.76. The van der Waals surface area contributed by atoms with Crippen LogP contribution in [0.25, 0.3) is 10.8 Å². The first kappa shape index (κ1) is 21.5. The Kier molecular flexibility index (Phi) is 5.43. The number of carbonyl (C=O) groups is 2. The summed E-state index contributed by atoms with van der Waals surface area (Å²) < 4.78 is 33.3. The number of sulfonamides is 1. The molecule has 0 unspecified atom stereocenters. The number of carbonyl (C=O) groups excluding carboxylic acids is 2. The van der Waals surface area contributed by atoms with Crippen LogP contribution in [0.5, 0.6) is 0 Å². The molecule has 0 spiro atoms. The number of amidine groups is 1. The number of hydrogen-bond donors (Lipinski definition) is 1. The molecule has 34 heavy (non-hydrogen) atoms. The van der Waals surface area contributed by atoms with Gasteiger partial charge >= 0.3 is 5.97 Å². The molecule has 0 bridgehead atoms. The summed E-state index contributed by atoms with van der Waals surface area (Å²) in [6.07, 6.45) is 0. The molecular weight excluding hydrogens is 452 g/mol. The van der Waals surface area contributed by atoms with Crippen LogP contribution in [0.3, 0.4) is 0 Å². The van der Waals surface area contributed by atoms with Crippen LogP contribution in [0.1, 0.15) is 26.3 Å². The third kappa shape index (κ3) is 4.18. The van der Waals surface area contributed by atoms with Gasteiger partial charge in [-0.15, -0.1) is 4.40 Å². The molecule has 0 saturated heterocycles. The van der Waals surface area contributed by atoms with Crippen molar-refractivity contribution < 1.29 is 22.7 Å². The summed E-state index contributed by atoms with van der Waals surface area (Å²) in [4.78, 5) is 25.0. The first-order valence-electron chi connectivity index (χ1n) is 10.4. The quantitative estimate of drug-likeness (QED) is 0.342. The Bertz CT molecular complexity index is 1570. The van der Waals surface area contributed by atoms with E-state index in [4.69, 9.17) is 4.74 Å². The largest absolute Gasteiger partial charge is 0.454 e. The SMILES string of the molecule is O=C(COC(=O)c1ccc(NC2=NS(=O)(=O)c3ccccc32)cc1)c1ccc2ccccc2c1. The zero-order chi connectivity index (χ0) is 23.7. The van der Waals surface area contributed by atoms with E-state index in [2.05, 4.69) is 9.71 Å². The molecule has 0 amide bonds. The van der Waals surface area contributed by atoms with Crippen molar-refractivity contribution in [3.8, 4) is 0 Å². The van der Waals surface area contributed by atoms with Gasteiger partial charge in [-0.1, -0.05) is 48.5 Å². The van der Waals surface area contributed by atoms with E-state index in [0.29, 0.717) is 16.8 Å². The highest BCUT2D eigenvalue weighted by molar-refractivity contribution is 7.90. The minimum Gasteiger partial charge on any atom is -0.454 e. The lowest BCUT2D eigenvalue weighted by Gasteiger charge is -2.08. The molecule has 0 atom stereocenters. The fourth-order valence-corrected chi connectivity index (χ4v) is 4.86. The molecule has 1 aliphatic rings. The van der Waals surface area contributed by atoms with Crippen LogP contribution in [-0.2, 0) is 14.8 Å². The van der Waals surface area contributed by atoms with Gasteiger partial charge < -0.3 is 10.1 Å². The monoisotopic (exact) mass is 470 g/mol. The van der Waals surface area contributed by atoms with Crippen molar-refractivity contribution in [2.75, 3.05) is 11.9 Å². The first-order valence-corrected chi connectivity index (χ1v) is 11.9. The Morgan fingerprint density at radius 2 is 1.47 bits per heavy atom. The number of fused-ring (bicyclic) bond motifs is 2. The van der Waals surface area contributed by atoms with Gasteiger partial charge in [0.15, 0.2) is 18.2 Å². The predicted octanol–water partition coefficient (Wildman–Crippen LogP) is 4.44. The van der Waals surface area contributed by atoms with E-state index in [-0.39, 0.29) is 28.7 Å². The highest BCUT2D eigenvalue weighted by atomic mass is 32.2. The lowest BCUT2D eigenvalue weighted by molar-refractivity contribution is 0.0475. The summed E-state index contributed by atoms with van der Waals surface area (Å²) in [7, 11) is -3.73. The molecule has 5 rings (SSSR count). The highest BCUT2D eigenvalue weighted by Gasteiger charge is 2.28. The summed E-state index contributed by atoms with van der Waals surface area (Å²) in [5, 5.41) is 4.93. The number of nitrogens with one attached hydrogen (secondary N) is 1. The first-order chi connectivity index (χ1) is 16.4. The van der Waals surface area contributed by atoms with Crippen LogP contribution in [0.15, 0.2) is 100 Å². The van der Waals surface area contributed by atoms with Crippen molar-refractivity contribution in [3.63, 3.8) is 0 Å². The number of benzene rings is 4. The maximum Gasteiger partial charge on any atom is 0.338 e. The van der Waals surface area contributed by atoms with Crippen molar-refractivity contribution in [3.05, 3.63) is 108 Å². The van der Waals surface area contributed by atoms with Crippen molar-refractivity contribution in [1.29, 1.82) is 0 Å². The summed E-state index contributed by atoms with van der Waals surface area (Å²) in [5.41, 5.74) is 1.77. The lowest BCUT2D eigenvalue weighted by Crippen LogP contribution is -2.14. The highest BCUT2D eigenvalue weighted by Crippen LogP contribution is 2.26. The van der Waals surface area contributed by atoms with E-state index in [9.17, 15) is 18.0 Å². The second-order valence-corrected chi connectivity index (χ2v) is 9.25. The summed E-state index contributed by atoms with van der Waals surface area (Å²) in [6.45, 7) is -0.372. The second kappa shape index (κ2) is 8.57. The Balaban J connectivity index is 1.23. The van der Waals surface area contributed by atoms with Crippen LogP contribution in [0.2, 0.25) is 0 Å². The number of nitrogens with zero attached hydrogens (tertiary/aromatic N) is 1. The minimum atomic E-state index is -3.73. The number of esters is 1. The van der Waals surface area contributed by atoms with Gasteiger partial charge in [-0.2, -0.15) is 8.42 Å². The normalized spacial score (nSPS) is 13.7. The molecule has 0 fully saturated rings. The fourth-order valence-electron chi connectivity index (χ4n) is 3.68. The fraction of sp³-hybridized carbons (Fsp3) is 0.0385. The molecule has 4 aromatic rings. The molecule has 1 aliphatic heterocycles. The Morgan fingerprint density at radius 1 is 0.794 bits per heavy atom. The lowest BCUT2D eigenvalue weighted by atomic mass is 10.0. The van der Waals surface area contributed by atoms with E-state index < -0.39 is 16.0 Å². The van der Waals surface area contributed by atoms with Gasteiger partial charge in [0.1, 0.15) is 4.90 Å². The number of rotatable bonds is 5. The molecule has 0 aromatic heterocycles. The number of ketones is 1. The van der Waals surface area contributed by atoms with Crippen molar-refractivity contribution in [2.24, 2.45) is 4.40 Å². The van der Waals surface area contributed by atoms with Gasteiger partial charge in [0.25, 0.3) is 10.0 Å². The molecule has 8 heteroatoms. The number of hydrogen-bond acceptors (Lipinski definition) is 6. The summed E-state index contributed by atoms with van der Waals surface area (Å²) >= 11 is 0. The molecule has 1 heterocycles. The molecule has 0 radical (unpaired) electrons. The number of anilines is 1. The molecule has 168 valence electrons. The zero-order valence-corrected chi connectivity index (χ0v) is 18.6. The summed E-state index contributed by atoms with van der Waals surface area (Å²) in [5.74, 6) is -0.713. The van der Waals surface area contributed by atoms with Crippen molar-refractivity contribution in [2.45, 2.75) is 4.90 Å².